The second kappa shape index (κ2) is 7.63. The number of carbonyl (C=O) groups excluding carboxylic acids is 2. The van der Waals surface area contributed by atoms with E-state index in [1.807, 2.05) is 42.5 Å². The smallest absolute Gasteiger partial charge is 0.251 e. The molecule has 3 N–H and O–H groups in total. The van der Waals surface area contributed by atoms with Gasteiger partial charge in [0.25, 0.3) is 5.91 Å². The van der Waals surface area contributed by atoms with Gasteiger partial charge in [-0.25, -0.2) is 0 Å². The first-order valence-electron chi connectivity index (χ1n) is 8.44. The van der Waals surface area contributed by atoms with Gasteiger partial charge in [0.05, 0.1) is 19.2 Å². The third-order valence-corrected chi connectivity index (χ3v) is 4.53. The summed E-state index contributed by atoms with van der Waals surface area (Å²) in [5, 5.41) is 5.19. The third-order valence-electron chi connectivity index (χ3n) is 4.53. The number of hydrogen-bond donors (Lipinski definition) is 2. The summed E-state index contributed by atoms with van der Waals surface area (Å²) in [7, 11) is 0. The monoisotopic (exact) mass is 341 g/mol. The number of nitrogens with one attached hydrogen (secondary N) is 1. The predicted octanol–water partition coefficient (Wildman–Crippen LogP) is 1.20. The van der Waals surface area contributed by atoms with E-state index in [1.54, 1.807) is 4.90 Å². The van der Waals surface area contributed by atoms with Gasteiger partial charge < -0.3 is 20.7 Å². The second-order valence-corrected chi connectivity index (χ2v) is 6.23. The van der Waals surface area contributed by atoms with E-state index < -0.39 is 6.10 Å². The van der Waals surface area contributed by atoms with Crippen molar-refractivity contribution < 1.29 is 14.3 Å². The van der Waals surface area contributed by atoms with Crippen LogP contribution in [0.5, 0.6) is 0 Å². The van der Waals surface area contributed by atoms with Gasteiger partial charge in [-0.05, 0) is 22.4 Å². The molecule has 2 aromatic rings. The number of ether oxygens (including phenoxy) is 1. The lowest BCUT2D eigenvalue weighted by Gasteiger charge is -2.32. The van der Waals surface area contributed by atoms with Crippen LogP contribution in [-0.2, 0) is 14.3 Å². The average Bonchev–Trinajstić information content (AvgIpc) is 2.65. The van der Waals surface area contributed by atoms with E-state index in [2.05, 4.69) is 5.32 Å². The van der Waals surface area contributed by atoms with Crippen molar-refractivity contribution in [1.82, 2.24) is 10.2 Å². The number of rotatable bonds is 4. The second-order valence-electron chi connectivity index (χ2n) is 6.23. The fourth-order valence-electron chi connectivity index (χ4n) is 3.06. The Hall–Kier alpha value is -2.44. The molecule has 2 amide bonds. The van der Waals surface area contributed by atoms with E-state index in [0.29, 0.717) is 13.2 Å². The number of nitrogens with two attached hydrogens (primary N) is 1. The SMILES string of the molecule is CC(=O)N1CCOC(C(=O)NC(CN)c2ccc3ccccc3c2)C1. The maximum atomic E-state index is 12.5. The van der Waals surface area contributed by atoms with Gasteiger partial charge in [-0.1, -0.05) is 36.4 Å². The normalized spacial score (nSPS) is 18.8. The predicted molar refractivity (Wildman–Crippen MR) is 95.9 cm³/mol. The van der Waals surface area contributed by atoms with Crippen molar-refractivity contribution in [1.29, 1.82) is 0 Å². The van der Waals surface area contributed by atoms with Crippen LogP contribution in [0.4, 0.5) is 0 Å². The Morgan fingerprint density at radius 2 is 2.04 bits per heavy atom. The summed E-state index contributed by atoms with van der Waals surface area (Å²) in [4.78, 5) is 25.7. The first-order valence-corrected chi connectivity index (χ1v) is 8.44. The molecule has 1 aliphatic rings. The Kier molecular flexibility index (Phi) is 5.31. The molecule has 2 unspecified atom stereocenters. The van der Waals surface area contributed by atoms with Gasteiger partial charge >= 0.3 is 0 Å². The molecular weight excluding hydrogens is 318 g/mol. The Morgan fingerprint density at radius 1 is 1.28 bits per heavy atom. The molecule has 1 saturated heterocycles. The van der Waals surface area contributed by atoms with Crippen LogP contribution in [0.2, 0.25) is 0 Å². The molecule has 0 saturated carbocycles. The largest absolute Gasteiger partial charge is 0.365 e. The minimum atomic E-state index is -0.660. The van der Waals surface area contributed by atoms with E-state index >= 15 is 0 Å². The van der Waals surface area contributed by atoms with Crippen molar-refractivity contribution in [3.63, 3.8) is 0 Å². The molecule has 1 aliphatic heterocycles. The molecule has 0 aliphatic carbocycles. The topological polar surface area (TPSA) is 84.7 Å². The number of amides is 2. The number of benzene rings is 2. The van der Waals surface area contributed by atoms with Crippen LogP contribution in [0, 0.1) is 0 Å². The summed E-state index contributed by atoms with van der Waals surface area (Å²) in [5.74, 6) is -0.291. The van der Waals surface area contributed by atoms with Crippen molar-refractivity contribution in [3.8, 4) is 0 Å². The summed E-state index contributed by atoms with van der Waals surface area (Å²) in [6.45, 7) is 2.94. The van der Waals surface area contributed by atoms with Gasteiger partial charge in [0.15, 0.2) is 6.10 Å². The summed E-state index contributed by atoms with van der Waals surface area (Å²) in [5.41, 5.74) is 6.83. The average molecular weight is 341 g/mol. The highest BCUT2D eigenvalue weighted by molar-refractivity contribution is 5.85. The quantitative estimate of drug-likeness (QED) is 0.875. The van der Waals surface area contributed by atoms with Gasteiger partial charge in [0, 0.05) is 20.0 Å². The highest BCUT2D eigenvalue weighted by Gasteiger charge is 2.29. The summed E-state index contributed by atoms with van der Waals surface area (Å²) in [6, 6.07) is 13.8. The zero-order valence-electron chi connectivity index (χ0n) is 14.3. The lowest BCUT2D eigenvalue weighted by Crippen LogP contribution is -2.52. The van der Waals surface area contributed by atoms with Gasteiger partial charge in [-0.15, -0.1) is 0 Å². The molecular formula is C19H23N3O3. The molecule has 6 heteroatoms. The van der Waals surface area contributed by atoms with Crippen LogP contribution < -0.4 is 11.1 Å². The Balaban J connectivity index is 1.72. The maximum absolute atomic E-state index is 12.5. The molecule has 1 heterocycles. The molecule has 2 aromatic carbocycles. The summed E-state index contributed by atoms with van der Waals surface area (Å²) >= 11 is 0. The first kappa shape index (κ1) is 17.4. The van der Waals surface area contributed by atoms with Crippen LogP contribution in [0.25, 0.3) is 10.8 Å². The fourth-order valence-corrected chi connectivity index (χ4v) is 3.06. The van der Waals surface area contributed by atoms with Gasteiger partial charge in [0.1, 0.15) is 0 Å². The highest BCUT2D eigenvalue weighted by atomic mass is 16.5. The number of fused-ring (bicyclic) bond motifs is 1. The van der Waals surface area contributed by atoms with Crippen molar-refractivity contribution >= 4 is 22.6 Å². The van der Waals surface area contributed by atoms with Gasteiger partial charge in [0.2, 0.25) is 5.91 Å². The number of morpholine rings is 1. The standard InChI is InChI=1S/C19H23N3O3/c1-13(23)22-8-9-25-18(12-22)19(24)21-17(11-20)16-7-6-14-4-2-3-5-15(14)10-16/h2-7,10,17-18H,8-9,11-12,20H2,1H3,(H,21,24). The molecule has 0 bridgehead atoms. The zero-order chi connectivity index (χ0) is 17.8. The minimum absolute atomic E-state index is 0.0500. The summed E-state index contributed by atoms with van der Waals surface area (Å²) < 4.78 is 5.52. The molecule has 132 valence electrons. The molecule has 0 aromatic heterocycles. The molecule has 1 fully saturated rings. The van der Waals surface area contributed by atoms with E-state index in [4.69, 9.17) is 10.5 Å². The Bertz CT molecular complexity index is 777. The fraction of sp³-hybridized carbons (Fsp3) is 0.368. The molecule has 0 spiro atoms. The van der Waals surface area contributed by atoms with E-state index in [1.165, 1.54) is 6.92 Å². The summed E-state index contributed by atoms with van der Waals surface area (Å²) in [6.07, 6.45) is -0.660. The van der Waals surface area contributed by atoms with Crippen LogP contribution >= 0.6 is 0 Å². The Labute approximate surface area is 146 Å². The molecule has 0 radical (unpaired) electrons. The molecule has 3 rings (SSSR count). The Morgan fingerprint density at radius 3 is 2.76 bits per heavy atom. The minimum Gasteiger partial charge on any atom is -0.365 e. The lowest BCUT2D eigenvalue weighted by atomic mass is 10.0. The van der Waals surface area contributed by atoms with E-state index in [-0.39, 0.29) is 30.9 Å². The highest BCUT2D eigenvalue weighted by Crippen LogP contribution is 2.20. The van der Waals surface area contributed by atoms with Crippen LogP contribution in [0.15, 0.2) is 42.5 Å². The molecule has 25 heavy (non-hydrogen) atoms. The van der Waals surface area contributed by atoms with Gasteiger partial charge in [-0.2, -0.15) is 0 Å². The maximum Gasteiger partial charge on any atom is 0.251 e. The molecule has 2 atom stereocenters. The zero-order valence-corrected chi connectivity index (χ0v) is 14.3. The van der Waals surface area contributed by atoms with E-state index in [0.717, 1.165) is 16.3 Å². The van der Waals surface area contributed by atoms with Crippen molar-refractivity contribution in [2.24, 2.45) is 5.73 Å². The lowest BCUT2D eigenvalue weighted by molar-refractivity contribution is -0.146. The first-order chi connectivity index (χ1) is 12.1. The molecule has 6 nitrogen and oxygen atoms in total. The van der Waals surface area contributed by atoms with Crippen molar-refractivity contribution in [2.75, 3.05) is 26.2 Å². The number of hydrogen-bond acceptors (Lipinski definition) is 4. The number of nitrogens with zero attached hydrogens (tertiary/aromatic N) is 1. The van der Waals surface area contributed by atoms with Crippen LogP contribution in [-0.4, -0.2) is 49.1 Å². The van der Waals surface area contributed by atoms with Crippen molar-refractivity contribution in [2.45, 2.75) is 19.1 Å². The van der Waals surface area contributed by atoms with Gasteiger partial charge in [-0.3, -0.25) is 9.59 Å². The van der Waals surface area contributed by atoms with Crippen LogP contribution in [0.1, 0.15) is 18.5 Å². The number of carbonyl (C=O) groups is 2. The third kappa shape index (κ3) is 3.97. The van der Waals surface area contributed by atoms with E-state index in [9.17, 15) is 9.59 Å². The van der Waals surface area contributed by atoms with Crippen molar-refractivity contribution in [3.05, 3.63) is 48.0 Å². The van der Waals surface area contributed by atoms with Crippen LogP contribution in [0.3, 0.4) is 0 Å².